The van der Waals surface area contributed by atoms with Gasteiger partial charge in [0.05, 0.1) is 6.04 Å². The van der Waals surface area contributed by atoms with Crippen molar-refractivity contribution in [2.45, 2.75) is 32.4 Å². The van der Waals surface area contributed by atoms with Gasteiger partial charge < -0.3 is 5.32 Å². The number of nitrogens with zero attached hydrogens (tertiary/aromatic N) is 1. The molecular formula is C9H14N2S. The maximum absolute atomic E-state index is 4.28. The van der Waals surface area contributed by atoms with Crippen LogP contribution in [0.25, 0.3) is 0 Å². The molecule has 1 aliphatic carbocycles. The molecule has 1 aromatic heterocycles. The number of aromatic nitrogens is 1. The van der Waals surface area contributed by atoms with E-state index in [4.69, 9.17) is 0 Å². The van der Waals surface area contributed by atoms with Crippen molar-refractivity contribution in [3.8, 4) is 0 Å². The molecule has 0 aliphatic heterocycles. The molecule has 1 fully saturated rings. The first-order valence-electron chi connectivity index (χ1n) is 4.43. The van der Waals surface area contributed by atoms with Gasteiger partial charge in [-0.15, -0.1) is 11.3 Å². The first-order chi connectivity index (χ1) is 5.77. The van der Waals surface area contributed by atoms with E-state index in [2.05, 4.69) is 24.1 Å². The summed E-state index contributed by atoms with van der Waals surface area (Å²) in [5, 5.41) is 6.79. The fraction of sp³-hybridized carbons (Fsp3) is 0.667. The summed E-state index contributed by atoms with van der Waals surface area (Å²) >= 11 is 1.73. The van der Waals surface area contributed by atoms with Gasteiger partial charge in [0, 0.05) is 17.6 Å². The van der Waals surface area contributed by atoms with Gasteiger partial charge in [-0.3, -0.25) is 0 Å². The van der Waals surface area contributed by atoms with Crippen molar-refractivity contribution < 1.29 is 0 Å². The van der Waals surface area contributed by atoms with Gasteiger partial charge in [-0.25, -0.2) is 4.98 Å². The average Bonchev–Trinajstić information content (AvgIpc) is 2.58. The Balaban J connectivity index is 1.89. The van der Waals surface area contributed by atoms with Crippen LogP contribution in [-0.2, 0) is 0 Å². The lowest BCUT2D eigenvalue weighted by Gasteiger charge is -2.09. The quantitative estimate of drug-likeness (QED) is 0.775. The molecule has 2 nitrogen and oxygen atoms in total. The maximum Gasteiger partial charge on any atom is 0.109 e. The van der Waals surface area contributed by atoms with Crippen LogP contribution >= 0.6 is 11.3 Å². The summed E-state index contributed by atoms with van der Waals surface area (Å²) in [6.07, 6.45) is 3.20. The number of hydrogen-bond acceptors (Lipinski definition) is 3. The zero-order valence-corrected chi connectivity index (χ0v) is 8.27. The van der Waals surface area contributed by atoms with E-state index >= 15 is 0 Å². The highest BCUT2D eigenvalue weighted by molar-refractivity contribution is 7.09. The molecule has 0 amide bonds. The minimum Gasteiger partial charge on any atom is -0.305 e. The molecular weight excluding hydrogens is 168 g/mol. The summed E-state index contributed by atoms with van der Waals surface area (Å²) in [5.74, 6) is 0.868. The van der Waals surface area contributed by atoms with Crippen molar-refractivity contribution in [2.24, 2.45) is 5.92 Å². The van der Waals surface area contributed by atoms with Crippen LogP contribution in [0, 0.1) is 5.92 Å². The molecule has 0 saturated heterocycles. The molecule has 1 unspecified atom stereocenters. The second-order valence-electron chi connectivity index (χ2n) is 3.58. The first kappa shape index (κ1) is 8.20. The molecule has 1 heterocycles. The molecule has 3 heteroatoms. The highest BCUT2D eigenvalue weighted by Crippen LogP contribution is 2.31. The SMILES string of the molecule is CC(N[C@@H]1C[C@H]1C)c1nccs1. The van der Waals surface area contributed by atoms with Crippen molar-refractivity contribution in [3.05, 3.63) is 16.6 Å². The van der Waals surface area contributed by atoms with Gasteiger partial charge in [0.2, 0.25) is 0 Å². The summed E-state index contributed by atoms with van der Waals surface area (Å²) in [7, 11) is 0. The molecule has 0 spiro atoms. The summed E-state index contributed by atoms with van der Waals surface area (Å²) in [6, 6.07) is 1.17. The van der Waals surface area contributed by atoms with E-state index in [1.54, 1.807) is 11.3 Å². The van der Waals surface area contributed by atoms with Gasteiger partial charge in [0.15, 0.2) is 0 Å². The number of thiazole rings is 1. The molecule has 2 rings (SSSR count). The van der Waals surface area contributed by atoms with Gasteiger partial charge >= 0.3 is 0 Å². The average molecular weight is 182 g/mol. The third-order valence-corrected chi connectivity index (χ3v) is 3.35. The van der Waals surface area contributed by atoms with Crippen LogP contribution in [0.3, 0.4) is 0 Å². The van der Waals surface area contributed by atoms with E-state index in [1.165, 1.54) is 11.4 Å². The molecule has 1 saturated carbocycles. The molecule has 0 radical (unpaired) electrons. The highest BCUT2D eigenvalue weighted by Gasteiger charge is 2.33. The zero-order valence-electron chi connectivity index (χ0n) is 7.45. The summed E-state index contributed by atoms with van der Waals surface area (Å²) in [5.41, 5.74) is 0. The molecule has 12 heavy (non-hydrogen) atoms. The van der Waals surface area contributed by atoms with E-state index in [-0.39, 0.29) is 0 Å². The van der Waals surface area contributed by atoms with E-state index < -0.39 is 0 Å². The number of nitrogens with one attached hydrogen (secondary N) is 1. The van der Waals surface area contributed by atoms with Gasteiger partial charge in [-0.05, 0) is 19.3 Å². The predicted octanol–water partition coefficient (Wildman–Crippen LogP) is 2.20. The third-order valence-electron chi connectivity index (χ3n) is 2.40. The zero-order chi connectivity index (χ0) is 8.55. The van der Waals surface area contributed by atoms with Crippen LogP contribution in [0.1, 0.15) is 31.3 Å². The Morgan fingerprint density at radius 2 is 2.50 bits per heavy atom. The smallest absolute Gasteiger partial charge is 0.109 e. The van der Waals surface area contributed by atoms with Gasteiger partial charge in [-0.1, -0.05) is 6.92 Å². The first-order valence-corrected chi connectivity index (χ1v) is 5.31. The van der Waals surface area contributed by atoms with E-state index in [0.717, 1.165) is 12.0 Å². The predicted molar refractivity (Wildman–Crippen MR) is 51.2 cm³/mol. The molecule has 1 aromatic rings. The van der Waals surface area contributed by atoms with E-state index in [1.807, 2.05) is 11.6 Å². The normalized spacial score (nSPS) is 30.2. The van der Waals surface area contributed by atoms with Crippen molar-refractivity contribution in [1.82, 2.24) is 10.3 Å². The Bertz CT molecular complexity index is 245. The Morgan fingerprint density at radius 3 is 3.00 bits per heavy atom. The molecule has 66 valence electrons. The second kappa shape index (κ2) is 3.15. The molecule has 1 N–H and O–H groups in total. The van der Waals surface area contributed by atoms with Gasteiger partial charge in [-0.2, -0.15) is 0 Å². The van der Waals surface area contributed by atoms with Crippen molar-refractivity contribution in [3.63, 3.8) is 0 Å². The highest BCUT2D eigenvalue weighted by atomic mass is 32.1. The fourth-order valence-corrected chi connectivity index (χ4v) is 2.05. The van der Waals surface area contributed by atoms with Crippen LogP contribution in [-0.4, -0.2) is 11.0 Å². The Labute approximate surface area is 77.0 Å². The van der Waals surface area contributed by atoms with Gasteiger partial charge in [0.25, 0.3) is 0 Å². The van der Waals surface area contributed by atoms with Crippen molar-refractivity contribution >= 4 is 11.3 Å². The monoisotopic (exact) mass is 182 g/mol. The summed E-state index contributed by atoms with van der Waals surface area (Å²) in [6.45, 7) is 4.47. The van der Waals surface area contributed by atoms with E-state index in [9.17, 15) is 0 Å². The summed E-state index contributed by atoms with van der Waals surface area (Å²) in [4.78, 5) is 4.28. The lowest BCUT2D eigenvalue weighted by Crippen LogP contribution is -2.21. The van der Waals surface area contributed by atoms with E-state index in [0.29, 0.717) is 6.04 Å². The Kier molecular flexibility index (Phi) is 2.15. The van der Waals surface area contributed by atoms with Crippen LogP contribution in [0.2, 0.25) is 0 Å². The third kappa shape index (κ3) is 1.67. The largest absolute Gasteiger partial charge is 0.305 e. The standard InChI is InChI=1S/C9H14N2S/c1-6-5-8(6)11-7(2)9-10-3-4-12-9/h3-4,6-8,11H,5H2,1-2H3/t6-,7?,8-/m1/s1. The topological polar surface area (TPSA) is 24.9 Å². The molecule has 0 bridgehead atoms. The minimum atomic E-state index is 0.431. The molecule has 1 aliphatic rings. The van der Waals surface area contributed by atoms with Crippen molar-refractivity contribution in [1.29, 1.82) is 0 Å². The number of rotatable bonds is 3. The van der Waals surface area contributed by atoms with Crippen LogP contribution in [0.5, 0.6) is 0 Å². The fourth-order valence-electron chi connectivity index (χ4n) is 1.40. The Morgan fingerprint density at radius 1 is 1.75 bits per heavy atom. The lowest BCUT2D eigenvalue weighted by atomic mass is 10.3. The lowest BCUT2D eigenvalue weighted by molar-refractivity contribution is 0.549. The van der Waals surface area contributed by atoms with Gasteiger partial charge in [0.1, 0.15) is 5.01 Å². The molecule has 3 atom stereocenters. The number of hydrogen-bond donors (Lipinski definition) is 1. The van der Waals surface area contributed by atoms with Crippen LogP contribution < -0.4 is 5.32 Å². The second-order valence-corrected chi connectivity index (χ2v) is 4.50. The molecule has 0 aromatic carbocycles. The maximum atomic E-state index is 4.28. The van der Waals surface area contributed by atoms with Crippen LogP contribution in [0.4, 0.5) is 0 Å². The minimum absolute atomic E-state index is 0.431. The van der Waals surface area contributed by atoms with Crippen LogP contribution in [0.15, 0.2) is 11.6 Å². The van der Waals surface area contributed by atoms with Crippen molar-refractivity contribution in [2.75, 3.05) is 0 Å². The summed E-state index contributed by atoms with van der Waals surface area (Å²) < 4.78 is 0. The Hall–Kier alpha value is -0.410.